The van der Waals surface area contributed by atoms with Crippen LogP contribution in [0.25, 0.3) is 0 Å². The zero-order valence-corrected chi connectivity index (χ0v) is 9.50. The van der Waals surface area contributed by atoms with Gasteiger partial charge in [-0.1, -0.05) is 29.8 Å². The van der Waals surface area contributed by atoms with Gasteiger partial charge in [-0.3, -0.25) is 0 Å². The van der Waals surface area contributed by atoms with Gasteiger partial charge in [-0.05, 0) is 18.1 Å². The molecule has 0 aliphatic heterocycles. The van der Waals surface area contributed by atoms with E-state index in [1.807, 2.05) is 0 Å². The Morgan fingerprint density at radius 1 is 1.40 bits per heavy atom. The summed E-state index contributed by atoms with van der Waals surface area (Å²) in [5, 5.41) is 14.9. The molecule has 3 N–H and O–H groups in total. The van der Waals surface area contributed by atoms with Crippen LogP contribution in [0.5, 0.6) is 0 Å². The lowest BCUT2D eigenvalue weighted by atomic mass is 10.1. The van der Waals surface area contributed by atoms with E-state index >= 15 is 0 Å². The molecule has 15 heavy (non-hydrogen) atoms. The summed E-state index contributed by atoms with van der Waals surface area (Å²) in [6.07, 6.45) is -0.861. The van der Waals surface area contributed by atoms with Gasteiger partial charge in [-0.2, -0.15) is 0 Å². The van der Waals surface area contributed by atoms with Gasteiger partial charge in [0.15, 0.2) is 0 Å². The smallest absolute Gasteiger partial charge is 0.209 e. The molecule has 1 rings (SSSR count). The Bertz CT molecular complexity index is 433. The van der Waals surface area contributed by atoms with Crippen LogP contribution in [0.4, 0.5) is 0 Å². The Morgan fingerprint density at radius 2 is 2.00 bits per heavy atom. The highest BCUT2D eigenvalue weighted by atomic mass is 35.5. The van der Waals surface area contributed by atoms with E-state index < -0.39 is 16.1 Å². The third-order valence-electron chi connectivity index (χ3n) is 1.94. The highest BCUT2D eigenvalue weighted by Crippen LogP contribution is 2.24. The van der Waals surface area contributed by atoms with E-state index in [4.69, 9.17) is 16.7 Å². The van der Waals surface area contributed by atoms with Crippen molar-refractivity contribution in [2.75, 3.05) is 5.75 Å². The molecule has 0 aliphatic rings. The van der Waals surface area contributed by atoms with Crippen molar-refractivity contribution in [2.45, 2.75) is 12.5 Å². The maximum absolute atomic E-state index is 10.7. The molecular formula is C9H12ClNO3S. The van der Waals surface area contributed by atoms with E-state index in [9.17, 15) is 13.5 Å². The van der Waals surface area contributed by atoms with Crippen LogP contribution in [0.2, 0.25) is 5.02 Å². The molecule has 0 amide bonds. The third-order valence-corrected chi connectivity index (χ3v) is 3.09. The number of hydrogen-bond donors (Lipinski definition) is 2. The normalized spacial score (nSPS) is 13.8. The molecule has 0 aromatic heterocycles. The van der Waals surface area contributed by atoms with Crippen LogP contribution >= 0.6 is 11.6 Å². The topological polar surface area (TPSA) is 80.4 Å². The molecule has 0 heterocycles. The van der Waals surface area contributed by atoms with Gasteiger partial charge in [-0.15, -0.1) is 0 Å². The Labute approximate surface area is 93.7 Å². The summed E-state index contributed by atoms with van der Waals surface area (Å²) in [7, 11) is -3.54. The first-order valence-electron chi connectivity index (χ1n) is 4.33. The van der Waals surface area contributed by atoms with E-state index in [1.54, 1.807) is 24.3 Å². The lowest BCUT2D eigenvalue weighted by Crippen LogP contribution is -2.18. The van der Waals surface area contributed by atoms with Crippen LogP contribution in [0.3, 0.4) is 0 Å². The molecule has 1 unspecified atom stereocenters. The van der Waals surface area contributed by atoms with Crippen LogP contribution in [0.1, 0.15) is 18.1 Å². The molecule has 0 fully saturated rings. The lowest BCUT2D eigenvalue weighted by molar-refractivity contribution is 0.174. The molecule has 0 saturated heterocycles. The molecule has 0 aliphatic carbocycles. The molecule has 84 valence electrons. The third kappa shape index (κ3) is 4.17. The maximum Gasteiger partial charge on any atom is 0.209 e. The van der Waals surface area contributed by atoms with Gasteiger partial charge < -0.3 is 5.11 Å². The molecule has 1 aromatic rings. The summed E-state index contributed by atoms with van der Waals surface area (Å²) in [6.45, 7) is 0. The van der Waals surface area contributed by atoms with Crippen LogP contribution in [0.15, 0.2) is 24.3 Å². The summed E-state index contributed by atoms with van der Waals surface area (Å²) < 4.78 is 21.4. The Balaban J connectivity index is 2.70. The number of aliphatic hydroxyl groups excluding tert-OH is 1. The summed E-state index contributed by atoms with van der Waals surface area (Å²) in [5.41, 5.74) is 0.516. The molecule has 0 saturated carbocycles. The van der Waals surface area contributed by atoms with Crippen molar-refractivity contribution in [1.82, 2.24) is 0 Å². The predicted molar refractivity (Wildman–Crippen MR) is 59.0 cm³/mol. The average Bonchev–Trinajstić information content (AvgIpc) is 2.14. The first-order valence-corrected chi connectivity index (χ1v) is 6.42. The van der Waals surface area contributed by atoms with Gasteiger partial charge in [0, 0.05) is 5.02 Å². The Kier molecular flexibility index (Phi) is 4.10. The molecule has 1 atom stereocenters. The van der Waals surface area contributed by atoms with E-state index in [0.717, 1.165) is 0 Å². The molecule has 4 nitrogen and oxygen atoms in total. The molecule has 6 heteroatoms. The lowest BCUT2D eigenvalue weighted by Gasteiger charge is -2.11. The summed E-state index contributed by atoms with van der Waals surface area (Å²) in [5.74, 6) is -0.264. The number of sulfonamides is 1. The van der Waals surface area contributed by atoms with Gasteiger partial charge >= 0.3 is 0 Å². The van der Waals surface area contributed by atoms with Crippen LogP contribution in [-0.4, -0.2) is 19.3 Å². The predicted octanol–water partition coefficient (Wildman–Crippen LogP) is 1.05. The van der Waals surface area contributed by atoms with Crippen molar-refractivity contribution in [3.05, 3.63) is 34.9 Å². The summed E-state index contributed by atoms with van der Waals surface area (Å²) >= 11 is 5.83. The Hall–Kier alpha value is -0.620. The highest BCUT2D eigenvalue weighted by Gasteiger charge is 2.13. The summed E-state index contributed by atoms with van der Waals surface area (Å²) in [6, 6.07) is 6.74. The quantitative estimate of drug-likeness (QED) is 0.837. The van der Waals surface area contributed by atoms with E-state index in [-0.39, 0.29) is 12.2 Å². The minimum absolute atomic E-state index is 0.0442. The van der Waals surface area contributed by atoms with E-state index in [0.29, 0.717) is 10.6 Å². The van der Waals surface area contributed by atoms with Gasteiger partial charge in [0.2, 0.25) is 10.0 Å². The minimum atomic E-state index is -3.54. The fraction of sp³-hybridized carbons (Fsp3) is 0.333. The van der Waals surface area contributed by atoms with Crippen LogP contribution in [0, 0.1) is 0 Å². The van der Waals surface area contributed by atoms with Crippen molar-refractivity contribution in [1.29, 1.82) is 0 Å². The fourth-order valence-electron chi connectivity index (χ4n) is 1.18. The molecule has 0 spiro atoms. The van der Waals surface area contributed by atoms with Crippen molar-refractivity contribution >= 4 is 21.6 Å². The zero-order chi connectivity index (χ0) is 11.5. The number of benzene rings is 1. The molecule has 1 aromatic carbocycles. The molecule has 0 bridgehead atoms. The summed E-state index contributed by atoms with van der Waals surface area (Å²) in [4.78, 5) is 0. The molecular weight excluding hydrogens is 238 g/mol. The highest BCUT2D eigenvalue weighted by molar-refractivity contribution is 7.89. The standard InChI is InChI=1S/C9H12ClNO3S/c10-8-4-2-1-3-7(8)9(12)5-6-15(11,13)14/h1-4,9,12H,5-6H2,(H2,11,13,14). The number of nitrogens with two attached hydrogens (primary N) is 1. The number of primary sulfonamides is 1. The van der Waals surface area contributed by atoms with Gasteiger partial charge in [0.05, 0.1) is 11.9 Å². The second-order valence-electron chi connectivity index (χ2n) is 3.19. The van der Waals surface area contributed by atoms with Crippen LogP contribution < -0.4 is 5.14 Å². The van der Waals surface area contributed by atoms with Crippen molar-refractivity contribution in [3.63, 3.8) is 0 Å². The average molecular weight is 250 g/mol. The maximum atomic E-state index is 10.7. The van der Waals surface area contributed by atoms with Gasteiger partial charge in [-0.25, -0.2) is 13.6 Å². The van der Waals surface area contributed by atoms with Gasteiger partial charge in [0.1, 0.15) is 0 Å². The van der Waals surface area contributed by atoms with E-state index in [1.165, 1.54) is 0 Å². The van der Waals surface area contributed by atoms with Crippen LogP contribution in [-0.2, 0) is 10.0 Å². The number of rotatable bonds is 4. The van der Waals surface area contributed by atoms with E-state index in [2.05, 4.69) is 0 Å². The monoisotopic (exact) mass is 249 g/mol. The second kappa shape index (κ2) is 4.94. The molecule has 0 radical (unpaired) electrons. The fourth-order valence-corrected chi connectivity index (χ4v) is 1.99. The first-order chi connectivity index (χ1) is 6.90. The number of halogens is 1. The van der Waals surface area contributed by atoms with Crippen molar-refractivity contribution < 1.29 is 13.5 Å². The minimum Gasteiger partial charge on any atom is -0.388 e. The SMILES string of the molecule is NS(=O)(=O)CCC(O)c1ccccc1Cl. The van der Waals surface area contributed by atoms with Crippen molar-refractivity contribution in [2.24, 2.45) is 5.14 Å². The number of hydrogen-bond acceptors (Lipinski definition) is 3. The second-order valence-corrected chi connectivity index (χ2v) is 5.33. The van der Waals surface area contributed by atoms with Crippen molar-refractivity contribution in [3.8, 4) is 0 Å². The Morgan fingerprint density at radius 3 is 2.53 bits per heavy atom. The largest absolute Gasteiger partial charge is 0.388 e. The first kappa shape index (κ1) is 12.4. The zero-order valence-electron chi connectivity index (χ0n) is 7.93. The van der Waals surface area contributed by atoms with Gasteiger partial charge in [0.25, 0.3) is 0 Å². The number of aliphatic hydroxyl groups is 1.